The number of nitrogens with two attached hydrogens (primary N) is 1. The molecule has 0 bridgehead atoms. The van der Waals surface area contributed by atoms with Crippen molar-refractivity contribution in [2.45, 2.75) is 105 Å². The molecule has 0 aliphatic heterocycles. The summed E-state index contributed by atoms with van der Waals surface area (Å²) in [7, 11) is 1.59. The van der Waals surface area contributed by atoms with E-state index in [2.05, 4.69) is 25.5 Å². The number of hydrogen-bond donors (Lipinski definition) is 2. The maximum absolute atomic E-state index is 12.2. The smallest absolute Gasteiger partial charge is 0.350 e. The summed E-state index contributed by atoms with van der Waals surface area (Å²) in [6.07, 6.45) is 12.6. The Hall–Kier alpha value is -2.53. The van der Waals surface area contributed by atoms with E-state index >= 15 is 0 Å². The van der Waals surface area contributed by atoms with Gasteiger partial charge < -0.3 is 25.1 Å². The number of esters is 3. The van der Waals surface area contributed by atoms with Crippen molar-refractivity contribution in [2.24, 2.45) is 52.1 Å². The Bertz CT molecular complexity index is 1130. The summed E-state index contributed by atoms with van der Waals surface area (Å²) in [6, 6.07) is 0. The third-order valence-electron chi connectivity index (χ3n) is 11.9. The van der Waals surface area contributed by atoms with Gasteiger partial charge in [0, 0.05) is 12.5 Å². The average Bonchev–Trinajstić information content (AvgIpc) is 3.33. The van der Waals surface area contributed by atoms with Gasteiger partial charge in [-0.2, -0.15) is 0 Å². The standard InChI is InChI=1S/C22H36O.C13H22N2O8/c1-14-9-11-21(3)16(13-14)5-6-17-19-8-7-18(15(2)23)22(19,4)12-10-20(17)21;1-13(2,12(20)22-8-9(16)17)23-11(19)7-15(3)4-5-21-10(18)6-14/h14,16-20H,5-13H2,1-4H3;4-8,14H2,1-3H3,(H,16,17). The van der Waals surface area contributed by atoms with Gasteiger partial charge in [-0.1, -0.05) is 27.2 Å². The predicted molar refractivity (Wildman–Crippen MR) is 171 cm³/mol. The van der Waals surface area contributed by atoms with E-state index in [4.69, 9.17) is 20.3 Å². The van der Waals surface area contributed by atoms with Crippen molar-refractivity contribution in [3.05, 3.63) is 0 Å². The molecule has 0 aromatic rings. The maximum Gasteiger partial charge on any atom is 0.350 e. The lowest BCUT2D eigenvalue weighted by atomic mass is 9.44. The quantitative estimate of drug-likeness (QED) is 0.243. The fraction of sp³-hybridized carbons (Fsp3) is 0.857. The number of carboxylic acids is 1. The molecular weight excluding hydrogens is 592 g/mol. The lowest BCUT2D eigenvalue weighted by Crippen LogP contribution is -2.53. The fourth-order valence-corrected chi connectivity index (χ4v) is 9.47. The first kappa shape index (κ1) is 37.9. The zero-order chi connectivity index (χ0) is 34.4. The van der Waals surface area contributed by atoms with Crippen LogP contribution in [0, 0.1) is 46.3 Å². The Morgan fingerprint density at radius 1 is 0.913 bits per heavy atom. The van der Waals surface area contributed by atoms with E-state index in [1.807, 2.05) is 6.92 Å². The van der Waals surface area contributed by atoms with Gasteiger partial charge in [-0.05, 0) is 120 Å². The average molecular weight is 651 g/mol. The highest BCUT2D eigenvalue weighted by molar-refractivity contribution is 5.84. The maximum atomic E-state index is 12.2. The van der Waals surface area contributed by atoms with Crippen molar-refractivity contribution < 1.29 is 43.3 Å². The van der Waals surface area contributed by atoms with E-state index in [9.17, 15) is 24.0 Å². The lowest BCUT2D eigenvalue weighted by molar-refractivity contribution is -0.181. The second-order valence-corrected chi connectivity index (χ2v) is 15.4. The van der Waals surface area contributed by atoms with Crippen molar-refractivity contribution in [1.82, 2.24) is 4.90 Å². The van der Waals surface area contributed by atoms with Crippen LogP contribution in [0.15, 0.2) is 0 Å². The molecule has 0 heterocycles. The number of carboxylic acid groups (broad SMARTS) is 1. The van der Waals surface area contributed by atoms with Gasteiger partial charge in [0.15, 0.2) is 6.61 Å². The number of rotatable bonds is 11. The molecule has 0 aromatic heterocycles. The van der Waals surface area contributed by atoms with Gasteiger partial charge in [0.1, 0.15) is 12.4 Å². The van der Waals surface area contributed by atoms with Gasteiger partial charge in [-0.15, -0.1) is 0 Å². The predicted octanol–water partition coefficient (Wildman–Crippen LogP) is 4.24. The molecular formula is C35H58N2O9. The van der Waals surface area contributed by atoms with Crippen molar-refractivity contribution in [2.75, 3.05) is 39.9 Å². The molecule has 8 unspecified atom stereocenters. The highest BCUT2D eigenvalue weighted by Crippen LogP contribution is 2.67. The number of carbonyl (C=O) groups is 5. The van der Waals surface area contributed by atoms with Crippen LogP contribution in [0.5, 0.6) is 0 Å². The summed E-state index contributed by atoms with van der Waals surface area (Å²) in [5.74, 6) is 1.95. The summed E-state index contributed by atoms with van der Waals surface area (Å²) in [6.45, 7) is 11.2. The molecule has 262 valence electrons. The van der Waals surface area contributed by atoms with Gasteiger partial charge in [-0.3, -0.25) is 19.3 Å². The third kappa shape index (κ3) is 8.88. The number of hydrogen-bond acceptors (Lipinski definition) is 10. The number of Topliss-reactive ketones (excluding diaryl/α,β-unsaturated/α-hetero) is 1. The minimum absolute atomic E-state index is 0.0594. The summed E-state index contributed by atoms with van der Waals surface area (Å²) >= 11 is 0. The SMILES string of the molecule is CC(=O)C1CCC2C3CCC4CC(C)CCC4(C)C3CCC12C.CN(CCOC(=O)CN)CC(=O)OC(C)(C)C(=O)OCC(=O)O. The van der Waals surface area contributed by atoms with Crippen molar-refractivity contribution in [3.8, 4) is 0 Å². The van der Waals surface area contributed by atoms with Crippen LogP contribution in [0.3, 0.4) is 0 Å². The Kier molecular flexibility index (Phi) is 12.8. The second kappa shape index (κ2) is 15.6. The monoisotopic (exact) mass is 650 g/mol. The van der Waals surface area contributed by atoms with Crippen LogP contribution in [-0.4, -0.2) is 85.2 Å². The fourth-order valence-electron chi connectivity index (χ4n) is 9.47. The topological polar surface area (TPSA) is 163 Å². The van der Waals surface area contributed by atoms with Gasteiger partial charge in [0.2, 0.25) is 5.60 Å². The van der Waals surface area contributed by atoms with Gasteiger partial charge >= 0.3 is 23.9 Å². The van der Waals surface area contributed by atoms with E-state index in [1.54, 1.807) is 7.05 Å². The van der Waals surface area contributed by atoms with Crippen LogP contribution in [0.1, 0.15) is 99.3 Å². The Morgan fingerprint density at radius 2 is 1.57 bits per heavy atom. The lowest BCUT2D eigenvalue weighted by Gasteiger charge is -2.61. The van der Waals surface area contributed by atoms with Crippen molar-refractivity contribution in [3.63, 3.8) is 0 Å². The minimum Gasteiger partial charge on any atom is -0.479 e. The van der Waals surface area contributed by atoms with E-state index < -0.39 is 36.1 Å². The number of ether oxygens (including phenoxy) is 3. The molecule has 4 aliphatic carbocycles. The van der Waals surface area contributed by atoms with E-state index in [1.165, 1.54) is 76.5 Å². The molecule has 3 N–H and O–H groups in total. The zero-order valence-corrected chi connectivity index (χ0v) is 29.1. The van der Waals surface area contributed by atoms with Gasteiger partial charge in [-0.25, -0.2) is 9.59 Å². The molecule has 0 amide bonds. The highest BCUT2D eigenvalue weighted by Gasteiger charge is 2.60. The summed E-state index contributed by atoms with van der Waals surface area (Å²) in [5, 5.41) is 8.43. The van der Waals surface area contributed by atoms with E-state index in [0.717, 1.165) is 29.6 Å². The number of likely N-dealkylation sites (N-methyl/N-ethyl adjacent to an activating group) is 1. The molecule has 4 rings (SSSR count). The van der Waals surface area contributed by atoms with E-state index in [-0.39, 0.29) is 26.2 Å². The Labute approximate surface area is 274 Å². The number of aliphatic carboxylic acids is 1. The Morgan fingerprint density at radius 3 is 2.20 bits per heavy atom. The van der Waals surface area contributed by atoms with Crippen LogP contribution in [0.4, 0.5) is 0 Å². The summed E-state index contributed by atoms with van der Waals surface area (Å²) < 4.78 is 14.2. The van der Waals surface area contributed by atoms with Crippen LogP contribution in [-0.2, 0) is 38.2 Å². The first-order valence-electron chi connectivity index (χ1n) is 17.1. The van der Waals surface area contributed by atoms with Gasteiger partial charge in [0.05, 0.1) is 13.1 Å². The zero-order valence-electron chi connectivity index (χ0n) is 29.1. The summed E-state index contributed by atoms with van der Waals surface area (Å²) in [4.78, 5) is 58.3. The van der Waals surface area contributed by atoms with Crippen LogP contribution >= 0.6 is 0 Å². The Balaban J connectivity index is 0.000000250. The van der Waals surface area contributed by atoms with Gasteiger partial charge in [0.25, 0.3) is 0 Å². The molecule has 0 aromatic carbocycles. The van der Waals surface area contributed by atoms with Crippen LogP contribution < -0.4 is 5.73 Å². The minimum atomic E-state index is -1.61. The molecule has 11 nitrogen and oxygen atoms in total. The molecule has 0 spiro atoms. The molecule has 11 heteroatoms. The molecule has 4 fully saturated rings. The van der Waals surface area contributed by atoms with Crippen LogP contribution in [0.2, 0.25) is 0 Å². The molecule has 4 saturated carbocycles. The largest absolute Gasteiger partial charge is 0.479 e. The molecule has 0 saturated heterocycles. The molecule has 8 atom stereocenters. The first-order valence-corrected chi connectivity index (χ1v) is 17.1. The van der Waals surface area contributed by atoms with Crippen molar-refractivity contribution >= 4 is 29.7 Å². The van der Waals surface area contributed by atoms with E-state index in [0.29, 0.717) is 22.5 Å². The van der Waals surface area contributed by atoms with Crippen LogP contribution in [0.25, 0.3) is 0 Å². The third-order valence-corrected chi connectivity index (χ3v) is 11.9. The molecule has 0 radical (unpaired) electrons. The highest BCUT2D eigenvalue weighted by atomic mass is 16.6. The first-order chi connectivity index (χ1) is 21.4. The summed E-state index contributed by atoms with van der Waals surface area (Å²) in [5.41, 5.74) is 4.40. The number of carbonyl (C=O) groups excluding carboxylic acids is 4. The number of ketones is 1. The number of nitrogens with zero attached hydrogens (tertiary/aromatic N) is 1. The molecule has 4 aliphatic rings. The van der Waals surface area contributed by atoms with Crippen molar-refractivity contribution in [1.29, 1.82) is 0 Å². The second-order valence-electron chi connectivity index (χ2n) is 15.4. The molecule has 46 heavy (non-hydrogen) atoms. The normalized spacial score (nSPS) is 33.3. The number of fused-ring (bicyclic) bond motifs is 5.